The van der Waals surface area contributed by atoms with E-state index in [0.717, 1.165) is 0 Å². The van der Waals surface area contributed by atoms with Crippen LogP contribution in [0.1, 0.15) is 10.4 Å². The summed E-state index contributed by atoms with van der Waals surface area (Å²) >= 11 is -11.2. The van der Waals surface area contributed by atoms with Gasteiger partial charge in [0.1, 0.15) is 0 Å². The molecule has 0 radical (unpaired) electrons. The Hall–Kier alpha value is -1.49. The topological polar surface area (TPSA) is 65.5 Å². The van der Waals surface area contributed by atoms with Crippen LogP contribution in [0.5, 0.6) is 0 Å². The molecule has 0 atom stereocenters. The third-order valence-corrected chi connectivity index (χ3v) is 1.21. The van der Waals surface area contributed by atoms with Gasteiger partial charge in [0, 0.05) is 12.1 Å². The number of aromatic carboxylic acids is 1. The number of nitrogens with zero attached hydrogens (tertiary/aromatic N) is 2. The van der Waals surface area contributed by atoms with Gasteiger partial charge in [0.15, 0.2) is 4.98 Å². The van der Waals surface area contributed by atoms with Crippen molar-refractivity contribution in [2.45, 2.75) is 0 Å². The molecule has 0 saturated heterocycles. The van der Waals surface area contributed by atoms with E-state index in [1.54, 1.807) is 0 Å². The van der Waals surface area contributed by atoms with Crippen LogP contribution in [0.2, 0.25) is 0 Å². The van der Waals surface area contributed by atoms with Crippen LogP contribution in [0.25, 0.3) is 4.98 Å². The SMILES string of the molecule is N#[N+]c1cccc(C(=O)O)c1.[F][Sb-]([F])([F])([F])([F])[F]. The van der Waals surface area contributed by atoms with E-state index in [-0.39, 0.29) is 11.3 Å². The van der Waals surface area contributed by atoms with Crippen LogP contribution in [0.3, 0.4) is 0 Å². The average molecular weight is 385 g/mol. The van der Waals surface area contributed by atoms with E-state index < -0.39 is 25.4 Å². The third kappa shape index (κ3) is 12.6. The fraction of sp³-hybridized carbons (Fsp3) is 0. The Kier molecular flexibility index (Phi) is 3.96. The van der Waals surface area contributed by atoms with Crippen molar-refractivity contribution in [1.29, 1.82) is 5.39 Å². The predicted octanol–water partition coefficient (Wildman–Crippen LogP) is 4.01. The van der Waals surface area contributed by atoms with Crippen LogP contribution in [-0.2, 0) is 0 Å². The summed E-state index contributed by atoms with van der Waals surface area (Å²) in [7, 11) is 0. The predicted molar refractivity (Wildman–Crippen MR) is 50.5 cm³/mol. The molecule has 0 aliphatic heterocycles. The van der Waals surface area contributed by atoms with Crippen molar-refractivity contribution in [2.75, 3.05) is 0 Å². The van der Waals surface area contributed by atoms with Gasteiger partial charge in [0.05, 0.1) is 5.56 Å². The van der Waals surface area contributed by atoms with Crippen LogP contribution in [0.15, 0.2) is 24.3 Å². The first-order valence-corrected chi connectivity index (χ1v) is 9.73. The molecule has 0 aliphatic carbocycles. The zero-order valence-corrected chi connectivity index (χ0v) is 10.8. The zero-order valence-electron chi connectivity index (χ0n) is 8.27. The molecule has 0 spiro atoms. The summed E-state index contributed by atoms with van der Waals surface area (Å²) in [6.45, 7) is 0. The monoisotopic (exact) mass is 384 g/mol. The number of carbonyl (C=O) groups is 1. The standard InChI is InChI=1S/C7H4N2O2.6FH.Sb/c8-9-6-3-1-2-5(4-6)7(10)11;;;;;;;/h1-4H;6*1H;/q;;;;;;;+5/p-5. The van der Waals surface area contributed by atoms with Crippen LogP contribution < -0.4 is 0 Å². The summed E-state index contributed by atoms with van der Waals surface area (Å²) < 4.78 is 59.6. The molecule has 0 aliphatic rings. The van der Waals surface area contributed by atoms with Gasteiger partial charge in [-0.15, -0.1) is 0 Å². The van der Waals surface area contributed by atoms with Gasteiger partial charge in [-0.3, -0.25) is 0 Å². The fourth-order valence-electron chi connectivity index (χ4n) is 0.701. The quantitative estimate of drug-likeness (QED) is 0.452. The number of halogens is 6. The average Bonchev–Trinajstić information content (AvgIpc) is 2.13. The van der Waals surface area contributed by atoms with Gasteiger partial charge >= 0.3 is 48.0 Å². The van der Waals surface area contributed by atoms with E-state index in [0.29, 0.717) is 0 Å². The number of carboxylic acids is 1. The van der Waals surface area contributed by atoms with Crippen molar-refractivity contribution in [3.63, 3.8) is 0 Å². The summed E-state index contributed by atoms with van der Waals surface area (Å²) in [4.78, 5) is 13.2. The third-order valence-electron chi connectivity index (χ3n) is 1.21. The molecule has 102 valence electrons. The molecule has 1 N–H and O–H groups in total. The van der Waals surface area contributed by atoms with E-state index >= 15 is 0 Å². The Labute approximate surface area is 98.4 Å². The molecule has 0 amide bonds. The first-order valence-electron chi connectivity index (χ1n) is 3.94. The number of hydrogen-bond donors (Lipinski definition) is 1. The maximum atomic E-state index is 10.3. The molecule has 0 fully saturated rings. The van der Waals surface area contributed by atoms with Crippen LogP contribution >= 0.6 is 0 Å². The van der Waals surface area contributed by atoms with Gasteiger partial charge in [-0.2, -0.15) is 0 Å². The normalized spacial score (nSPS) is 14.3. The molecule has 4 nitrogen and oxygen atoms in total. The van der Waals surface area contributed by atoms with Gasteiger partial charge in [0.25, 0.3) is 0 Å². The molecule has 0 unspecified atom stereocenters. The summed E-state index contributed by atoms with van der Waals surface area (Å²) in [5.74, 6) is -1.03. The van der Waals surface area contributed by atoms with E-state index in [9.17, 15) is 21.7 Å². The Morgan fingerprint density at radius 3 is 1.94 bits per heavy atom. The van der Waals surface area contributed by atoms with Crippen LogP contribution in [0, 0.1) is 5.39 Å². The van der Waals surface area contributed by atoms with E-state index in [2.05, 4.69) is 4.98 Å². The molecule has 1 aromatic carbocycles. The molecular formula is C7H5F6N2O2Sb. The number of diazo groups is 1. The molecule has 0 bridgehead atoms. The fourth-order valence-corrected chi connectivity index (χ4v) is 0.701. The van der Waals surface area contributed by atoms with Crippen molar-refractivity contribution in [2.24, 2.45) is 0 Å². The van der Waals surface area contributed by atoms with E-state index in [4.69, 9.17) is 10.5 Å². The van der Waals surface area contributed by atoms with Gasteiger partial charge < -0.3 is 5.11 Å². The second-order valence-corrected chi connectivity index (χ2v) is 8.38. The molecule has 1 rings (SSSR count). The van der Waals surface area contributed by atoms with Gasteiger partial charge in [-0.05, 0) is 6.07 Å². The number of benzene rings is 1. The number of hydrogen-bond acceptors (Lipinski definition) is 2. The maximum absolute atomic E-state index is 11.2. The number of carboxylic acid groups (broad SMARTS) is 1. The van der Waals surface area contributed by atoms with Crippen molar-refractivity contribution >= 4 is 31.1 Å². The van der Waals surface area contributed by atoms with Crippen LogP contribution in [-0.4, -0.2) is 30.6 Å². The van der Waals surface area contributed by atoms with Gasteiger partial charge in [-0.25, -0.2) is 4.79 Å². The zero-order chi connectivity index (χ0) is 14.7. The summed E-state index contributed by atoms with van der Waals surface area (Å²) in [6.07, 6.45) is 0. The Balaban J connectivity index is 0.000000360. The number of rotatable bonds is 1. The molecular weight excluding hydrogens is 380 g/mol. The summed E-state index contributed by atoms with van der Waals surface area (Å²) in [5.41, 5.74) is 0.352. The first-order chi connectivity index (χ1) is 7.69. The van der Waals surface area contributed by atoms with Crippen molar-refractivity contribution in [1.82, 2.24) is 0 Å². The second-order valence-electron chi connectivity index (χ2n) is 2.91. The van der Waals surface area contributed by atoms with Crippen molar-refractivity contribution < 1.29 is 26.8 Å². The Bertz CT molecular complexity index is 494. The minimum absolute atomic E-state index is 0.111. The van der Waals surface area contributed by atoms with Gasteiger partial charge in [-0.1, -0.05) is 6.07 Å². The molecule has 18 heavy (non-hydrogen) atoms. The minimum atomic E-state index is -11.2. The molecule has 0 saturated carbocycles. The first kappa shape index (κ1) is 16.5. The van der Waals surface area contributed by atoms with Crippen molar-refractivity contribution in [3.05, 3.63) is 34.8 Å². The van der Waals surface area contributed by atoms with Crippen LogP contribution in [0.4, 0.5) is 22.6 Å². The summed E-state index contributed by atoms with van der Waals surface area (Å²) in [5, 5.41) is 16.8. The Morgan fingerprint density at radius 2 is 1.61 bits per heavy atom. The molecule has 1 aromatic rings. The Morgan fingerprint density at radius 1 is 1.17 bits per heavy atom. The molecule has 11 heteroatoms. The van der Waals surface area contributed by atoms with Gasteiger partial charge in [0.2, 0.25) is 5.39 Å². The summed E-state index contributed by atoms with van der Waals surface area (Å²) in [6, 6.07) is 5.73. The van der Waals surface area contributed by atoms with E-state index in [1.807, 2.05) is 0 Å². The molecule has 0 heterocycles. The van der Waals surface area contributed by atoms with Crippen molar-refractivity contribution in [3.8, 4) is 0 Å². The van der Waals surface area contributed by atoms with E-state index in [1.165, 1.54) is 24.3 Å². The second kappa shape index (κ2) is 4.31. The molecule has 0 aromatic heterocycles.